The average Bonchev–Trinajstić information content (AvgIpc) is 2.71. The molecular weight excluding hydrogens is 424 g/mol. The molecule has 0 aromatic heterocycles. The minimum atomic E-state index is -3.68. The van der Waals surface area contributed by atoms with Gasteiger partial charge in [0.15, 0.2) is 0 Å². The van der Waals surface area contributed by atoms with Crippen LogP contribution in [-0.4, -0.2) is 32.7 Å². The van der Waals surface area contributed by atoms with E-state index in [1.165, 1.54) is 32.3 Å². The van der Waals surface area contributed by atoms with Crippen LogP contribution in [0.1, 0.15) is 15.9 Å². The van der Waals surface area contributed by atoms with Crippen molar-refractivity contribution in [2.24, 2.45) is 0 Å². The predicted molar refractivity (Wildman–Crippen MR) is 118 cm³/mol. The highest BCUT2D eigenvalue weighted by atomic mass is 35.5. The van der Waals surface area contributed by atoms with Crippen molar-refractivity contribution in [2.45, 2.75) is 11.8 Å². The molecule has 8 heteroatoms. The van der Waals surface area contributed by atoms with Crippen molar-refractivity contribution in [3.63, 3.8) is 0 Å². The van der Waals surface area contributed by atoms with Crippen LogP contribution in [0.2, 0.25) is 5.02 Å². The van der Waals surface area contributed by atoms with E-state index in [0.717, 1.165) is 9.87 Å². The lowest BCUT2D eigenvalue weighted by Gasteiger charge is -2.13. The summed E-state index contributed by atoms with van der Waals surface area (Å²) in [6, 6.07) is 18.5. The Balaban J connectivity index is 1.75. The topological polar surface area (TPSA) is 75.7 Å². The summed E-state index contributed by atoms with van der Waals surface area (Å²) in [4.78, 5) is 12.6. The van der Waals surface area contributed by atoms with E-state index in [4.69, 9.17) is 16.3 Å². The molecule has 3 aromatic carbocycles. The lowest BCUT2D eigenvalue weighted by atomic mass is 10.2. The first-order chi connectivity index (χ1) is 14.2. The van der Waals surface area contributed by atoms with Gasteiger partial charge in [0.2, 0.25) is 10.0 Å². The second-order valence-corrected chi connectivity index (χ2v) is 9.38. The van der Waals surface area contributed by atoms with Gasteiger partial charge < -0.3 is 10.1 Å². The summed E-state index contributed by atoms with van der Waals surface area (Å²) in [5.74, 6) is 0.819. The zero-order valence-corrected chi connectivity index (χ0v) is 18.3. The molecule has 0 aliphatic heterocycles. The molecule has 1 amide bonds. The molecule has 0 spiro atoms. The van der Waals surface area contributed by atoms with Crippen molar-refractivity contribution < 1.29 is 17.9 Å². The third kappa shape index (κ3) is 4.99. The van der Waals surface area contributed by atoms with Crippen LogP contribution in [-0.2, 0) is 10.0 Å². The van der Waals surface area contributed by atoms with Crippen molar-refractivity contribution in [3.8, 4) is 11.5 Å². The minimum absolute atomic E-state index is 0.0103. The number of aryl methyl sites for hydroxylation is 1. The highest BCUT2D eigenvalue weighted by Crippen LogP contribution is 2.25. The quantitative estimate of drug-likeness (QED) is 0.584. The normalized spacial score (nSPS) is 11.4. The number of carbonyl (C=O) groups excluding carboxylic acids is 1. The maximum atomic E-state index is 12.7. The van der Waals surface area contributed by atoms with Gasteiger partial charge in [0.05, 0.1) is 15.5 Å². The van der Waals surface area contributed by atoms with Gasteiger partial charge in [0.1, 0.15) is 11.5 Å². The van der Waals surface area contributed by atoms with Crippen LogP contribution in [0.25, 0.3) is 0 Å². The fourth-order valence-corrected chi connectivity index (χ4v) is 3.73. The number of ether oxygens (including phenoxy) is 1. The van der Waals surface area contributed by atoms with Gasteiger partial charge >= 0.3 is 0 Å². The molecule has 0 saturated carbocycles. The van der Waals surface area contributed by atoms with Gasteiger partial charge in [-0.1, -0.05) is 29.3 Å². The van der Waals surface area contributed by atoms with E-state index < -0.39 is 15.9 Å². The Labute approximate surface area is 181 Å². The number of amides is 1. The first-order valence-electron chi connectivity index (χ1n) is 9.05. The van der Waals surface area contributed by atoms with Gasteiger partial charge in [-0.25, -0.2) is 12.7 Å². The highest BCUT2D eigenvalue weighted by molar-refractivity contribution is 7.89. The number of carbonyl (C=O) groups is 1. The first kappa shape index (κ1) is 21.8. The molecular formula is C22H21ClN2O4S. The Morgan fingerprint density at radius 1 is 0.933 bits per heavy atom. The van der Waals surface area contributed by atoms with E-state index in [1.807, 2.05) is 31.2 Å². The van der Waals surface area contributed by atoms with Crippen LogP contribution in [0.5, 0.6) is 11.5 Å². The molecule has 0 atom stereocenters. The molecule has 0 bridgehead atoms. The number of nitrogens with one attached hydrogen (secondary N) is 1. The number of sulfonamides is 1. The fourth-order valence-electron chi connectivity index (χ4n) is 2.60. The van der Waals surface area contributed by atoms with Crippen LogP contribution in [0, 0.1) is 6.92 Å². The number of rotatable bonds is 6. The van der Waals surface area contributed by atoms with Crippen LogP contribution >= 0.6 is 11.6 Å². The molecule has 0 radical (unpaired) electrons. The van der Waals surface area contributed by atoms with Crippen LogP contribution < -0.4 is 10.1 Å². The number of nitrogens with zero attached hydrogens (tertiary/aromatic N) is 1. The maximum absolute atomic E-state index is 12.7. The van der Waals surface area contributed by atoms with E-state index in [-0.39, 0.29) is 15.5 Å². The van der Waals surface area contributed by atoms with E-state index in [9.17, 15) is 13.2 Å². The number of anilines is 1. The Bertz CT molecular complexity index is 1160. The first-order valence-corrected chi connectivity index (χ1v) is 10.9. The van der Waals surface area contributed by atoms with Crippen molar-refractivity contribution in [3.05, 3.63) is 82.9 Å². The third-order valence-corrected chi connectivity index (χ3v) is 6.47. The largest absolute Gasteiger partial charge is 0.457 e. The molecule has 3 aromatic rings. The minimum Gasteiger partial charge on any atom is -0.457 e. The molecule has 0 heterocycles. The second-order valence-electron chi connectivity index (χ2n) is 6.82. The van der Waals surface area contributed by atoms with Gasteiger partial charge in [0, 0.05) is 19.8 Å². The molecule has 0 saturated heterocycles. The van der Waals surface area contributed by atoms with Gasteiger partial charge in [-0.05, 0) is 61.5 Å². The summed E-state index contributed by atoms with van der Waals surface area (Å²) >= 11 is 6.12. The lowest BCUT2D eigenvalue weighted by molar-refractivity contribution is 0.102. The maximum Gasteiger partial charge on any atom is 0.257 e. The summed E-state index contributed by atoms with van der Waals surface area (Å²) in [5.41, 5.74) is 1.73. The third-order valence-electron chi connectivity index (χ3n) is 4.33. The number of halogens is 1. The Kier molecular flexibility index (Phi) is 6.45. The van der Waals surface area contributed by atoms with Gasteiger partial charge in [-0.15, -0.1) is 0 Å². The zero-order valence-electron chi connectivity index (χ0n) is 16.7. The molecule has 3 rings (SSSR count). The van der Waals surface area contributed by atoms with Crippen molar-refractivity contribution in [1.82, 2.24) is 4.31 Å². The number of hydrogen-bond acceptors (Lipinski definition) is 4. The Morgan fingerprint density at radius 3 is 2.07 bits per heavy atom. The van der Waals surface area contributed by atoms with E-state index in [1.54, 1.807) is 24.3 Å². The van der Waals surface area contributed by atoms with Crippen LogP contribution in [0.3, 0.4) is 0 Å². The summed E-state index contributed by atoms with van der Waals surface area (Å²) in [5, 5.41) is 2.88. The van der Waals surface area contributed by atoms with E-state index >= 15 is 0 Å². The smallest absolute Gasteiger partial charge is 0.257 e. The zero-order chi connectivity index (χ0) is 21.9. The van der Waals surface area contributed by atoms with E-state index in [0.29, 0.717) is 17.2 Å². The average molecular weight is 445 g/mol. The Hall–Kier alpha value is -2.87. The van der Waals surface area contributed by atoms with E-state index in [2.05, 4.69) is 5.32 Å². The molecule has 6 nitrogen and oxygen atoms in total. The number of hydrogen-bond donors (Lipinski definition) is 1. The van der Waals surface area contributed by atoms with Crippen LogP contribution in [0.4, 0.5) is 5.69 Å². The molecule has 0 fully saturated rings. The summed E-state index contributed by atoms with van der Waals surface area (Å²) in [6.45, 7) is 2.00. The predicted octanol–water partition coefficient (Wildman–Crippen LogP) is 4.94. The fraction of sp³-hybridized carbons (Fsp3) is 0.136. The van der Waals surface area contributed by atoms with Crippen molar-refractivity contribution in [2.75, 3.05) is 19.4 Å². The van der Waals surface area contributed by atoms with Crippen LogP contribution in [0.15, 0.2) is 71.6 Å². The monoisotopic (exact) mass is 444 g/mol. The lowest BCUT2D eigenvalue weighted by Crippen LogP contribution is -2.23. The molecule has 0 aliphatic rings. The Morgan fingerprint density at radius 2 is 1.50 bits per heavy atom. The van der Waals surface area contributed by atoms with Crippen molar-refractivity contribution >= 4 is 33.2 Å². The summed E-state index contributed by atoms with van der Waals surface area (Å²) < 4.78 is 31.5. The molecule has 156 valence electrons. The molecule has 1 N–H and O–H groups in total. The number of benzene rings is 3. The standard InChI is InChI=1S/C22H21ClN2O4S/c1-15-4-8-17(9-5-15)29-18-10-6-16(7-11-18)24-22(26)20-14-19(12-13-21(20)23)30(27,28)25(2)3/h4-14H,1-3H3,(H,24,26). The molecule has 0 unspecified atom stereocenters. The molecule has 30 heavy (non-hydrogen) atoms. The van der Waals surface area contributed by atoms with Gasteiger partial charge in [0.25, 0.3) is 5.91 Å². The highest BCUT2D eigenvalue weighted by Gasteiger charge is 2.21. The summed E-state index contributed by atoms with van der Waals surface area (Å²) in [7, 11) is -0.841. The van der Waals surface area contributed by atoms with Gasteiger partial charge in [-0.3, -0.25) is 4.79 Å². The van der Waals surface area contributed by atoms with Crippen molar-refractivity contribution in [1.29, 1.82) is 0 Å². The summed E-state index contributed by atoms with van der Waals surface area (Å²) in [6.07, 6.45) is 0. The molecule has 0 aliphatic carbocycles. The second kappa shape index (κ2) is 8.87. The SMILES string of the molecule is Cc1ccc(Oc2ccc(NC(=O)c3cc(S(=O)(=O)N(C)C)ccc3Cl)cc2)cc1. The van der Waals surface area contributed by atoms with Gasteiger partial charge in [-0.2, -0.15) is 0 Å².